The van der Waals surface area contributed by atoms with Gasteiger partial charge in [0.2, 0.25) is 0 Å². The highest BCUT2D eigenvalue weighted by Crippen LogP contribution is 2.30. The molecule has 0 bridgehead atoms. The van der Waals surface area contributed by atoms with Crippen molar-refractivity contribution in [1.82, 2.24) is 10.3 Å². The molecule has 2 heterocycles. The van der Waals surface area contributed by atoms with E-state index in [1.807, 2.05) is 13.1 Å². The van der Waals surface area contributed by atoms with Gasteiger partial charge in [-0.3, -0.25) is 10.1 Å². The monoisotopic (exact) mass is 271 g/mol. The van der Waals surface area contributed by atoms with E-state index in [0.717, 1.165) is 16.5 Å². The van der Waals surface area contributed by atoms with E-state index >= 15 is 0 Å². The molecule has 1 saturated heterocycles. The van der Waals surface area contributed by atoms with E-state index in [2.05, 4.69) is 40.4 Å². The van der Waals surface area contributed by atoms with E-state index in [4.69, 9.17) is 4.74 Å². The van der Waals surface area contributed by atoms with Crippen LogP contribution < -0.4 is 5.32 Å². The number of aromatic amines is 1. The topological polar surface area (TPSA) is 66.5 Å². The van der Waals surface area contributed by atoms with E-state index in [0.29, 0.717) is 6.02 Å². The zero-order valence-corrected chi connectivity index (χ0v) is 11.7. The number of aliphatic imine (C=N–C) groups is 1. The molecule has 0 radical (unpaired) electrons. The number of aryl methyl sites for hydroxylation is 1. The minimum absolute atomic E-state index is 0.0503. The van der Waals surface area contributed by atoms with Gasteiger partial charge >= 0.3 is 0 Å². The highest BCUT2D eigenvalue weighted by atomic mass is 16.5. The second-order valence-electron chi connectivity index (χ2n) is 5.14. The lowest BCUT2D eigenvalue weighted by molar-refractivity contribution is -0.124. The fourth-order valence-electron chi connectivity index (χ4n) is 2.62. The first-order valence-corrected chi connectivity index (χ1v) is 6.62. The summed E-state index contributed by atoms with van der Waals surface area (Å²) >= 11 is 0. The Morgan fingerprint density at radius 2 is 2.20 bits per heavy atom. The van der Waals surface area contributed by atoms with Gasteiger partial charge in [0.25, 0.3) is 11.9 Å². The van der Waals surface area contributed by atoms with Gasteiger partial charge in [-0.2, -0.15) is 0 Å². The summed E-state index contributed by atoms with van der Waals surface area (Å²) in [6.45, 7) is 4.05. The number of benzene rings is 1. The van der Waals surface area contributed by atoms with Gasteiger partial charge in [-0.15, -0.1) is 0 Å². The van der Waals surface area contributed by atoms with E-state index in [1.54, 1.807) is 7.05 Å². The molecule has 0 saturated carbocycles. The average Bonchev–Trinajstić information content (AvgIpc) is 3.01. The van der Waals surface area contributed by atoms with Gasteiger partial charge < -0.3 is 9.72 Å². The van der Waals surface area contributed by atoms with E-state index in [9.17, 15) is 4.79 Å². The van der Waals surface area contributed by atoms with Gasteiger partial charge in [0, 0.05) is 30.1 Å². The van der Waals surface area contributed by atoms with Crippen LogP contribution in [0, 0.1) is 6.92 Å². The minimum Gasteiger partial charge on any atom is -0.451 e. The summed E-state index contributed by atoms with van der Waals surface area (Å²) in [7, 11) is 1.59. The van der Waals surface area contributed by atoms with Crippen molar-refractivity contribution >= 4 is 22.8 Å². The molecule has 20 heavy (non-hydrogen) atoms. The standard InChI is InChI=1S/C15H17N3O2/c1-8-4-5-10-11(7-17-12(10)6-8)9(2)13-14(19)18-15(16-3)20-13/h4-7,9,13,17H,1-3H3,(H,16,18,19). The number of amidine groups is 1. The van der Waals surface area contributed by atoms with Crippen LogP contribution in [-0.2, 0) is 9.53 Å². The molecule has 2 unspecified atom stereocenters. The Balaban J connectivity index is 1.97. The van der Waals surface area contributed by atoms with Crippen LogP contribution in [0.15, 0.2) is 29.4 Å². The number of carbonyl (C=O) groups excluding carboxylic acids is 1. The molecular weight excluding hydrogens is 254 g/mol. The lowest BCUT2D eigenvalue weighted by Crippen LogP contribution is -2.28. The summed E-state index contributed by atoms with van der Waals surface area (Å²) in [6.07, 6.45) is 1.42. The highest BCUT2D eigenvalue weighted by Gasteiger charge is 2.36. The third-order valence-electron chi connectivity index (χ3n) is 3.74. The molecule has 1 aliphatic heterocycles. The average molecular weight is 271 g/mol. The Labute approximate surface area is 117 Å². The molecule has 5 heteroatoms. The van der Waals surface area contributed by atoms with Gasteiger partial charge in [0.15, 0.2) is 6.10 Å². The number of nitrogens with one attached hydrogen (secondary N) is 2. The molecule has 5 nitrogen and oxygen atoms in total. The van der Waals surface area contributed by atoms with Crippen molar-refractivity contribution in [3.05, 3.63) is 35.5 Å². The molecule has 1 amide bonds. The van der Waals surface area contributed by atoms with Crippen LogP contribution in [0.2, 0.25) is 0 Å². The number of nitrogens with zero attached hydrogens (tertiary/aromatic N) is 1. The van der Waals surface area contributed by atoms with Crippen molar-refractivity contribution < 1.29 is 9.53 Å². The Bertz CT molecular complexity index is 702. The van der Waals surface area contributed by atoms with Crippen molar-refractivity contribution in [2.45, 2.75) is 25.9 Å². The molecule has 2 atom stereocenters. The van der Waals surface area contributed by atoms with Crippen molar-refractivity contribution in [2.24, 2.45) is 4.99 Å². The lowest BCUT2D eigenvalue weighted by atomic mass is 9.94. The number of aromatic nitrogens is 1. The molecule has 1 fully saturated rings. The van der Waals surface area contributed by atoms with E-state index in [-0.39, 0.29) is 11.8 Å². The third-order valence-corrected chi connectivity index (χ3v) is 3.74. The molecule has 0 aliphatic carbocycles. The lowest BCUT2D eigenvalue weighted by Gasteiger charge is -2.15. The van der Waals surface area contributed by atoms with E-state index < -0.39 is 6.10 Å². The zero-order chi connectivity index (χ0) is 14.3. The van der Waals surface area contributed by atoms with Crippen LogP contribution in [-0.4, -0.2) is 30.1 Å². The quantitative estimate of drug-likeness (QED) is 0.878. The highest BCUT2D eigenvalue weighted by molar-refractivity contribution is 6.02. The first kappa shape index (κ1) is 12.7. The number of hydrogen-bond donors (Lipinski definition) is 2. The maximum absolute atomic E-state index is 11.9. The Morgan fingerprint density at radius 1 is 1.40 bits per heavy atom. The summed E-state index contributed by atoms with van der Waals surface area (Å²) in [5.41, 5.74) is 3.36. The Morgan fingerprint density at radius 3 is 2.90 bits per heavy atom. The molecule has 2 N–H and O–H groups in total. The van der Waals surface area contributed by atoms with Crippen LogP contribution in [0.25, 0.3) is 10.9 Å². The van der Waals surface area contributed by atoms with Gasteiger partial charge in [-0.05, 0) is 24.1 Å². The first-order valence-electron chi connectivity index (χ1n) is 6.62. The van der Waals surface area contributed by atoms with E-state index in [1.165, 1.54) is 5.56 Å². The predicted octanol–water partition coefficient (Wildman–Crippen LogP) is 2.08. The summed E-state index contributed by atoms with van der Waals surface area (Å²) < 4.78 is 5.56. The molecule has 0 spiro atoms. The molecule has 3 rings (SSSR count). The smallest absolute Gasteiger partial charge is 0.292 e. The SMILES string of the molecule is CN=C1NC(=O)C(C(C)c2c[nH]c3cc(C)ccc23)O1. The number of H-pyrrole nitrogens is 1. The second kappa shape index (κ2) is 4.67. The largest absolute Gasteiger partial charge is 0.451 e. The van der Waals surface area contributed by atoms with Crippen LogP contribution in [0.1, 0.15) is 24.0 Å². The summed E-state index contributed by atoms with van der Waals surface area (Å²) in [5.74, 6) is -0.190. The van der Waals surface area contributed by atoms with Gasteiger partial charge in [-0.25, -0.2) is 4.99 Å². The molecular formula is C15H17N3O2. The fraction of sp³-hybridized carbons (Fsp3) is 0.333. The zero-order valence-electron chi connectivity index (χ0n) is 11.7. The number of ether oxygens (including phenoxy) is 1. The molecule has 2 aromatic rings. The third kappa shape index (κ3) is 1.95. The number of carbonyl (C=O) groups is 1. The summed E-state index contributed by atoms with van der Waals surface area (Å²) in [6, 6.07) is 6.54. The Hall–Kier alpha value is -2.30. The summed E-state index contributed by atoms with van der Waals surface area (Å²) in [4.78, 5) is 19.1. The molecule has 1 aliphatic rings. The minimum atomic E-state index is -0.533. The number of hydrogen-bond acceptors (Lipinski definition) is 3. The van der Waals surface area contributed by atoms with Crippen molar-refractivity contribution in [2.75, 3.05) is 7.05 Å². The number of amides is 1. The predicted molar refractivity (Wildman–Crippen MR) is 77.8 cm³/mol. The number of rotatable bonds is 2. The summed E-state index contributed by atoms with van der Waals surface area (Å²) in [5, 5.41) is 3.76. The molecule has 104 valence electrons. The van der Waals surface area contributed by atoms with Crippen LogP contribution in [0.3, 0.4) is 0 Å². The normalized spacial score (nSPS) is 22.1. The maximum atomic E-state index is 11.9. The van der Waals surface area contributed by atoms with Crippen LogP contribution in [0.4, 0.5) is 0 Å². The first-order chi connectivity index (χ1) is 9.60. The van der Waals surface area contributed by atoms with Gasteiger partial charge in [0.1, 0.15) is 0 Å². The van der Waals surface area contributed by atoms with Gasteiger partial charge in [-0.1, -0.05) is 19.1 Å². The fourth-order valence-corrected chi connectivity index (χ4v) is 2.62. The number of fused-ring (bicyclic) bond motifs is 1. The van der Waals surface area contributed by atoms with Crippen LogP contribution in [0.5, 0.6) is 0 Å². The maximum Gasteiger partial charge on any atom is 0.292 e. The van der Waals surface area contributed by atoms with Crippen LogP contribution >= 0.6 is 0 Å². The van der Waals surface area contributed by atoms with Gasteiger partial charge in [0.05, 0.1) is 0 Å². The molecule has 1 aromatic carbocycles. The molecule has 1 aromatic heterocycles. The van der Waals surface area contributed by atoms with Crippen molar-refractivity contribution in [1.29, 1.82) is 0 Å². The second-order valence-corrected chi connectivity index (χ2v) is 5.14. The van der Waals surface area contributed by atoms with Crippen molar-refractivity contribution in [3.8, 4) is 0 Å². The Kier molecular flexibility index (Phi) is 2.97. The van der Waals surface area contributed by atoms with Crippen molar-refractivity contribution in [3.63, 3.8) is 0 Å².